The topological polar surface area (TPSA) is 89.5 Å². The molecule has 41 heavy (non-hydrogen) atoms. The third kappa shape index (κ3) is 4.72. The van der Waals surface area contributed by atoms with Crippen molar-refractivity contribution in [3.05, 3.63) is 42.0 Å². The predicted molar refractivity (Wildman–Crippen MR) is 145 cm³/mol. The summed E-state index contributed by atoms with van der Waals surface area (Å²) in [5.74, 6) is -2.01. The number of alkyl halides is 2. The molecule has 3 aromatic heterocycles. The van der Waals surface area contributed by atoms with Crippen LogP contribution < -0.4 is 4.90 Å². The van der Waals surface area contributed by atoms with Crippen molar-refractivity contribution in [3.63, 3.8) is 0 Å². The fraction of sp³-hybridized carbons (Fsp3) is 0.607. The Bertz CT molecular complexity index is 1530. The van der Waals surface area contributed by atoms with Crippen molar-refractivity contribution in [2.75, 3.05) is 24.6 Å². The molecule has 1 aliphatic carbocycles. The van der Waals surface area contributed by atoms with E-state index in [1.54, 1.807) is 18.5 Å². The molecule has 0 N–H and O–H groups in total. The summed E-state index contributed by atoms with van der Waals surface area (Å²) >= 11 is 0. The number of halogens is 3. The number of fused-ring (bicyclic) bond motifs is 3. The molecule has 1 unspecified atom stereocenters. The molecule has 3 fully saturated rings. The van der Waals surface area contributed by atoms with Gasteiger partial charge in [-0.1, -0.05) is 24.3 Å². The Labute approximate surface area is 235 Å². The van der Waals surface area contributed by atoms with E-state index in [4.69, 9.17) is 9.72 Å². The molecule has 1 aromatic carbocycles. The second-order valence-corrected chi connectivity index (χ2v) is 11.8. The molecule has 5 heterocycles. The Morgan fingerprint density at radius 3 is 2.63 bits per heavy atom. The lowest BCUT2D eigenvalue weighted by atomic mass is 9.73. The predicted octanol–water partition coefficient (Wildman–Crippen LogP) is 4.26. The van der Waals surface area contributed by atoms with Crippen molar-refractivity contribution in [3.8, 4) is 0 Å². The van der Waals surface area contributed by atoms with Crippen molar-refractivity contribution in [2.45, 2.75) is 82.6 Å². The van der Waals surface area contributed by atoms with Gasteiger partial charge in [0.25, 0.3) is 5.78 Å². The maximum atomic E-state index is 14.1. The van der Waals surface area contributed by atoms with Crippen LogP contribution in [0.25, 0.3) is 16.9 Å². The highest BCUT2D eigenvalue weighted by atomic mass is 19.3. The van der Waals surface area contributed by atoms with Gasteiger partial charge < -0.3 is 9.64 Å². The molecule has 218 valence electrons. The Kier molecular flexibility index (Phi) is 6.61. The zero-order chi connectivity index (χ0) is 28.3. The number of aromatic nitrogens is 7. The largest absolute Gasteiger partial charge is 0.376 e. The zero-order valence-corrected chi connectivity index (χ0v) is 23.2. The molecule has 4 atom stereocenters. The fourth-order valence-electron chi connectivity index (χ4n) is 6.99. The van der Waals surface area contributed by atoms with E-state index in [0.29, 0.717) is 36.7 Å². The number of nitrogens with zero attached hydrogens (tertiary/aromatic N) is 9. The SMILES string of the molecule is CC[C@@H]1CN(c2nc3nncn3c3c2nnn3C[C@@H]2CCCO2)[C@@H](C)CN1C(c1ccc(F)cc1)C1CC(F)(F)C1. The third-order valence-corrected chi connectivity index (χ3v) is 9.05. The summed E-state index contributed by atoms with van der Waals surface area (Å²) in [6, 6.07) is 6.17. The highest BCUT2D eigenvalue weighted by molar-refractivity contribution is 5.85. The van der Waals surface area contributed by atoms with E-state index in [1.807, 2.05) is 9.08 Å². The molecule has 0 bridgehead atoms. The number of benzene rings is 1. The summed E-state index contributed by atoms with van der Waals surface area (Å²) in [7, 11) is 0. The minimum atomic E-state index is -2.64. The third-order valence-electron chi connectivity index (χ3n) is 9.05. The fourth-order valence-corrected chi connectivity index (χ4v) is 6.99. The number of rotatable bonds is 7. The van der Waals surface area contributed by atoms with Gasteiger partial charge in [-0.3, -0.25) is 4.90 Å². The summed E-state index contributed by atoms with van der Waals surface area (Å²) in [5, 5.41) is 17.4. The number of anilines is 1. The lowest BCUT2D eigenvalue weighted by molar-refractivity contribution is -0.137. The molecule has 7 rings (SSSR count). The van der Waals surface area contributed by atoms with Crippen molar-refractivity contribution < 1.29 is 17.9 Å². The van der Waals surface area contributed by atoms with Crippen LogP contribution in [-0.4, -0.2) is 83.3 Å². The van der Waals surface area contributed by atoms with Crippen LogP contribution in [0.1, 0.15) is 57.6 Å². The van der Waals surface area contributed by atoms with Crippen LogP contribution in [0.5, 0.6) is 0 Å². The molecular formula is C28H34F3N9O. The molecule has 0 radical (unpaired) electrons. The maximum Gasteiger partial charge on any atom is 0.258 e. The molecule has 0 spiro atoms. The van der Waals surface area contributed by atoms with Crippen molar-refractivity contribution >= 4 is 22.8 Å². The van der Waals surface area contributed by atoms with Gasteiger partial charge in [0.1, 0.15) is 12.1 Å². The van der Waals surface area contributed by atoms with Gasteiger partial charge in [-0.2, -0.15) is 4.98 Å². The molecule has 4 aromatic rings. The lowest BCUT2D eigenvalue weighted by Crippen LogP contribution is -2.60. The standard InChI is InChI=1S/C28H34F3N9O/c1-3-21-14-37(17(2)13-38(21)24(19-11-28(30,31)12-19)18-6-8-20(29)9-7-18)25-23-26(39-16-32-35-27(39)33-25)40(36-34-23)15-22-5-4-10-41-22/h6-9,16-17,19,21-22,24H,3-5,10-15H2,1-2H3/t17-,21+,22-,24?/m0/s1. The molecule has 0 amide bonds. The summed E-state index contributed by atoms with van der Waals surface area (Å²) in [4.78, 5) is 9.48. The van der Waals surface area contributed by atoms with Crippen LogP contribution in [-0.2, 0) is 11.3 Å². The van der Waals surface area contributed by atoms with E-state index in [-0.39, 0.29) is 48.8 Å². The first-order valence-corrected chi connectivity index (χ1v) is 14.5. The van der Waals surface area contributed by atoms with Gasteiger partial charge in [0, 0.05) is 50.7 Å². The molecule has 10 nitrogen and oxygen atoms in total. The molecule has 2 saturated heterocycles. The van der Waals surface area contributed by atoms with Gasteiger partial charge in [-0.25, -0.2) is 22.3 Å². The van der Waals surface area contributed by atoms with Crippen molar-refractivity contribution in [1.82, 2.24) is 39.5 Å². The first-order chi connectivity index (χ1) is 19.8. The Hall–Kier alpha value is -3.32. The first kappa shape index (κ1) is 26.6. The van der Waals surface area contributed by atoms with Crippen molar-refractivity contribution in [2.24, 2.45) is 5.92 Å². The van der Waals surface area contributed by atoms with Crippen LogP contribution in [0.2, 0.25) is 0 Å². The lowest BCUT2D eigenvalue weighted by Gasteiger charge is -2.53. The number of hydrogen-bond acceptors (Lipinski definition) is 8. The molecule has 3 aliphatic rings. The summed E-state index contributed by atoms with van der Waals surface area (Å²) in [6.45, 7) is 6.83. The first-order valence-electron chi connectivity index (χ1n) is 14.5. The average molecular weight is 570 g/mol. The van der Waals surface area contributed by atoms with Gasteiger partial charge in [0.2, 0.25) is 5.92 Å². The summed E-state index contributed by atoms with van der Waals surface area (Å²) in [6.07, 6.45) is 4.22. The molecule has 13 heteroatoms. The molecule has 2 aliphatic heterocycles. The van der Waals surface area contributed by atoms with Crippen LogP contribution in [0, 0.1) is 11.7 Å². The average Bonchev–Trinajstić information content (AvgIpc) is 3.70. The Balaban J connectivity index is 1.23. The smallest absolute Gasteiger partial charge is 0.258 e. The number of ether oxygens (including phenoxy) is 1. The summed E-state index contributed by atoms with van der Waals surface area (Å²) < 4.78 is 51.5. The second-order valence-electron chi connectivity index (χ2n) is 11.8. The number of piperazine rings is 1. The highest BCUT2D eigenvalue weighted by Gasteiger charge is 2.51. The zero-order valence-electron chi connectivity index (χ0n) is 23.2. The van der Waals surface area contributed by atoms with Crippen LogP contribution in [0.4, 0.5) is 19.0 Å². The van der Waals surface area contributed by atoms with E-state index in [2.05, 4.69) is 44.2 Å². The van der Waals surface area contributed by atoms with E-state index in [0.717, 1.165) is 37.1 Å². The monoisotopic (exact) mass is 569 g/mol. The van der Waals surface area contributed by atoms with Gasteiger partial charge >= 0.3 is 0 Å². The van der Waals surface area contributed by atoms with Crippen LogP contribution >= 0.6 is 0 Å². The molecular weight excluding hydrogens is 535 g/mol. The second kappa shape index (κ2) is 10.2. The Morgan fingerprint density at radius 2 is 1.93 bits per heavy atom. The minimum Gasteiger partial charge on any atom is -0.376 e. The van der Waals surface area contributed by atoms with E-state index in [1.165, 1.54) is 12.1 Å². The van der Waals surface area contributed by atoms with Crippen molar-refractivity contribution in [1.29, 1.82) is 0 Å². The van der Waals surface area contributed by atoms with Gasteiger partial charge in [-0.15, -0.1) is 15.3 Å². The maximum absolute atomic E-state index is 14.1. The highest BCUT2D eigenvalue weighted by Crippen LogP contribution is 2.51. The van der Waals surface area contributed by atoms with Gasteiger partial charge in [-0.05, 0) is 49.8 Å². The normalized spacial score (nSPS) is 26.2. The van der Waals surface area contributed by atoms with Crippen LogP contribution in [0.3, 0.4) is 0 Å². The van der Waals surface area contributed by atoms with Gasteiger partial charge in [0.15, 0.2) is 17.0 Å². The molecule has 1 saturated carbocycles. The quantitative estimate of drug-likeness (QED) is 0.326. The number of hydrogen-bond donors (Lipinski definition) is 0. The van der Waals surface area contributed by atoms with Crippen LogP contribution in [0.15, 0.2) is 30.6 Å². The van der Waals surface area contributed by atoms with E-state index in [9.17, 15) is 13.2 Å². The van der Waals surface area contributed by atoms with E-state index < -0.39 is 5.92 Å². The Morgan fingerprint density at radius 1 is 1.12 bits per heavy atom. The summed E-state index contributed by atoms with van der Waals surface area (Å²) in [5.41, 5.74) is 2.32. The van der Waals surface area contributed by atoms with E-state index >= 15 is 0 Å². The minimum absolute atomic E-state index is 0.00859. The van der Waals surface area contributed by atoms with Gasteiger partial charge in [0.05, 0.1) is 12.6 Å².